The van der Waals surface area contributed by atoms with Gasteiger partial charge in [0.25, 0.3) is 0 Å². The number of ketones is 1. The Morgan fingerprint density at radius 3 is 2.44 bits per heavy atom. The molecule has 5 heteroatoms. The number of hydrogen-bond acceptors (Lipinski definition) is 3. The summed E-state index contributed by atoms with van der Waals surface area (Å²) < 4.78 is 0.997. The standard InChI is InChI=1S/C20H12BrN3O/c1-10-15-16(11-6-8-12(21)9-7-11)17-18(22-20(15)24-23-10)13-4-2-3-5-14(13)19(17)25/h2-9H,1H3,(H,22,23,24). The summed E-state index contributed by atoms with van der Waals surface area (Å²) in [6.07, 6.45) is 0. The first kappa shape index (κ1) is 14.5. The molecule has 1 aliphatic rings. The fourth-order valence-electron chi connectivity index (χ4n) is 3.55. The van der Waals surface area contributed by atoms with Crippen LogP contribution >= 0.6 is 15.9 Å². The van der Waals surface area contributed by atoms with Crippen molar-refractivity contribution >= 4 is 32.7 Å². The zero-order valence-corrected chi connectivity index (χ0v) is 14.9. The number of nitrogens with one attached hydrogen (secondary N) is 1. The van der Waals surface area contributed by atoms with Gasteiger partial charge >= 0.3 is 0 Å². The third-order valence-electron chi connectivity index (χ3n) is 4.67. The predicted octanol–water partition coefficient (Wildman–Crippen LogP) is 4.91. The van der Waals surface area contributed by atoms with Crippen molar-refractivity contribution in [2.24, 2.45) is 0 Å². The van der Waals surface area contributed by atoms with Crippen LogP contribution in [0.2, 0.25) is 0 Å². The maximum Gasteiger partial charge on any atom is 0.196 e. The highest BCUT2D eigenvalue weighted by Crippen LogP contribution is 2.44. The summed E-state index contributed by atoms with van der Waals surface area (Å²) in [5.41, 5.74) is 6.40. The van der Waals surface area contributed by atoms with Crippen molar-refractivity contribution in [2.75, 3.05) is 0 Å². The lowest BCUT2D eigenvalue weighted by atomic mass is 9.94. The Morgan fingerprint density at radius 2 is 1.68 bits per heavy atom. The highest BCUT2D eigenvalue weighted by atomic mass is 79.9. The van der Waals surface area contributed by atoms with Crippen molar-refractivity contribution in [1.29, 1.82) is 0 Å². The Kier molecular flexibility index (Phi) is 2.97. The first-order valence-corrected chi connectivity index (χ1v) is 8.73. The van der Waals surface area contributed by atoms with Crippen LogP contribution in [0.1, 0.15) is 21.6 Å². The van der Waals surface area contributed by atoms with Crippen molar-refractivity contribution in [2.45, 2.75) is 6.92 Å². The number of hydrogen-bond donors (Lipinski definition) is 1. The summed E-state index contributed by atoms with van der Waals surface area (Å²) in [4.78, 5) is 17.8. The highest BCUT2D eigenvalue weighted by molar-refractivity contribution is 9.10. The third-order valence-corrected chi connectivity index (χ3v) is 5.20. The van der Waals surface area contributed by atoms with Gasteiger partial charge in [-0.25, -0.2) is 4.98 Å². The lowest BCUT2D eigenvalue weighted by molar-refractivity contribution is 0.104. The molecule has 4 nitrogen and oxygen atoms in total. The zero-order chi connectivity index (χ0) is 17.1. The summed E-state index contributed by atoms with van der Waals surface area (Å²) in [6.45, 7) is 1.96. The summed E-state index contributed by atoms with van der Waals surface area (Å²) in [6, 6.07) is 15.6. The molecule has 0 aliphatic heterocycles. The van der Waals surface area contributed by atoms with Gasteiger partial charge < -0.3 is 0 Å². The van der Waals surface area contributed by atoms with Gasteiger partial charge in [-0.1, -0.05) is 52.3 Å². The smallest absolute Gasteiger partial charge is 0.196 e. The van der Waals surface area contributed by atoms with Gasteiger partial charge in [0, 0.05) is 26.9 Å². The number of H-pyrrole nitrogens is 1. The summed E-state index contributed by atoms with van der Waals surface area (Å²) in [5.74, 6) is 0.0264. The van der Waals surface area contributed by atoms with Crippen molar-refractivity contribution < 1.29 is 4.79 Å². The molecule has 1 N–H and O–H groups in total. The van der Waals surface area contributed by atoms with Gasteiger partial charge in [-0.2, -0.15) is 5.10 Å². The van der Waals surface area contributed by atoms with Gasteiger partial charge in [-0.05, 0) is 24.6 Å². The van der Waals surface area contributed by atoms with E-state index in [1.807, 2.05) is 55.5 Å². The van der Waals surface area contributed by atoms with Crippen LogP contribution in [0.15, 0.2) is 53.0 Å². The summed E-state index contributed by atoms with van der Waals surface area (Å²) in [5, 5.41) is 8.25. The largest absolute Gasteiger partial charge is 0.288 e. The topological polar surface area (TPSA) is 58.6 Å². The van der Waals surface area contributed by atoms with E-state index >= 15 is 0 Å². The van der Waals surface area contributed by atoms with Crippen molar-refractivity contribution in [3.8, 4) is 22.4 Å². The lowest BCUT2D eigenvalue weighted by Gasteiger charge is -2.10. The second-order valence-corrected chi connectivity index (χ2v) is 7.05. The van der Waals surface area contributed by atoms with Crippen molar-refractivity contribution in [3.05, 3.63) is 69.8 Å². The Bertz CT molecular complexity index is 1180. The molecule has 0 radical (unpaired) electrons. The number of pyridine rings is 1. The number of aryl methyl sites for hydroxylation is 1. The Labute approximate surface area is 152 Å². The number of aromatic amines is 1. The molecule has 0 saturated carbocycles. The minimum absolute atomic E-state index is 0.0264. The molecule has 2 heterocycles. The van der Waals surface area contributed by atoms with Crippen LogP contribution in [0.4, 0.5) is 0 Å². The van der Waals surface area contributed by atoms with Crippen LogP contribution in [-0.2, 0) is 0 Å². The van der Waals surface area contributed by atoms with Gasteiger partial charge in [0.15, 0.2) is 11.4 Å². The van der Waals surface area contributed by atoms with Crippen LogP contribution < -0.4 is 0 Å². The predicted molar refractivity (Wildman–Crippen MR) is 101 cm³/mol. The van der Waals surface area contributed by atoms with Crippen LogP contribution in [0.5, 0.6) is 0 Å². The van der Waals surface area contributed by atoms with Crippen LogP contribution in [0, 0.1) is 6.92 Å². The molecular weight excluding hydrogens is 378 g/mol. The van der Waals surface area contributed by atoms with Gasteiger partial charge in [-0.15, -0.1) is 0 Å². The second-order valence-electron chi connectivity index (χ2n) is 6.14. The normalized spacial score (nSPS) is 12.5. The molecule has 2 aromatic heterocycles. The quantitative estimate of drug-likeness (QED) is 0.443. The van der Waals surface area contributed by atoms with Crippen LogP contribution in [0.25, 0.3) is 33.4 Å². The molecular formula is C20H12BrN3O. The molecule has 0 saturated heterocycles. The molecule has 5 rings (SSSR count). The monoisotopic (exact) mass is 389 g/mol. The van der Waals surface area contributed by atoms with Crippen molar-refractivity contribution in [1.82, 2.24) is 15.2 Å². The molecule has 120 valence electrons. The second kappa shape index (κ2) is 5.10. The lowest BCUT2D eigenvalue weighted by Crippen LogP contribution is -2.00. The fourth-order valence-corrected chi connectivity index (χ4v) is 3.81. The maximum absolute atomic E-state index is 13.1. The minimum Gasteiger partial charge on any atom is -0.288 e. The molecule has 0 fully saturated rings. The Morgan fingerprint density at radius 1 is 0.960 bits per heavy atom. The molecule has 0 amide bonds. The average molecular weight is 390 g/mol. The average Bonchev–Trinajstić information content (AvgIpc) is 3.14. The SMILES string of the molecule is Cc1[nH]nc2nc3c(c(-c4ccc(Br)cc4)c12)C(=O)c1ccccc1-3. The molecule has 0 spiro atoms. The van der Waals surface area contributed by atoms with E-state index in [9.17, 15) is 4.79 Å². The molecule has 0 unspecified atom stereocenters. The Balaban J connectivity index is 1.95. The van der Waals surface area contributed by atoms with Crippen LogP contribution in [-0.4, -0.2) is 21.0 Å². The minimum atomic E-state index is 0.0264. The molecule has 1 aliphatic carbocycles. The Hall–Kier alpha value is -2.79. The van der Waals surface area contributed by atoms with Gasteiger partial charge in [0.05, 0.1) is 16.6 Å². The number of carbonyl (C=O) groups excluding carboxylic acids is 1. The molecule has 0 bridgehead atoms. The van der Waals surface area contributed by atoms with E-state index in [1.165, 1.54) is 0 Å². The number of halogens is 1. The summed E-state index contributed by atoms with van der Waals surface area (Å²) in [7, 11) is 0. The molecule has 25 heavy (non-hydrogen) atoms. The number of carbonyl (C=O) groups is 1. The number of nitrogens with zero attached hydrogens (tertiary/aromatic N) is 2. The zero-order valence-electron chi connectivity index (χ0n) is 13.3. The number of fused-ring (bicyclic) bond motifs is 4. The maximum atomic E-state index is 13.1. The van der Waals surface area contributed by atoms with Gasteiger partial charge in [-0.3, -0.25) is 9.89 Å². The van der Waals surface area contributed by atoms with Crippen LogP contribution in [0.3, 0.4) is 0 Å². The fraction of sp³-hybridized carbons (Fsp3) is 0.0500. The first-order valence-electron chi connectivity index (χ1n) is 7.94. The van der Waals surface area contributed by atoms with E-state index < -0.39 is 0 Å². The first-order chi connectivity index (χ1) is 12.1. The van der Waals surface area contributed by atoms with Crippen molar-refractivity contribution in [3.63, 3.8) is 0 Å². The number of benzene rings is 2. The highest BCUT2D eigenvalue weighted by Gasteiger charge is 2.33. The molecule has 2 aromatic carbocycles. The molecule has 4 aromatic rings. The molecule has 0 atom stereocenters. The van der Waals surface area contributed by atoms with Gasteiger partial charge in [0.2, 0.25) is 0 Å². The van der Waals surface area contributed by atoms with E-state index in [0.29, 0.717) is 16.8 Å². The number of aromatic nitrogens is 3. The third kappa shape index (κ3) is 1.96. The van der Waals surface area contributed by atoms with E-state index in [1.54, 1.807) is 0 Å². The van der Waals surface area contributed by atoms with E-state index in [2.05, 4.69) is 26.1 Å². The van der Waals surface area contributed by atoms with E-state index in [4.69, 9.17) is 4.98 Å². The number of rotatable bonds is 1. The van der Waals surface area contributed by atoms with E-state index in [0.717, 1.165) is 37.9 Å². The van der Waals surface area contributed by atoms with Gasteiger partial charge in [0.1, 0.15) is 0 Å². The summed E-state index contributed by atoms with van der Waals surface area (Å²) >= 11 is 3.47. The van der Waals surface area contributed by atoms with E-state index in [-0.39, 0.29) is 5.78 Å².